The largest absolute Gasteiger partial charge is 0.493 e. The monoisotopic (exact) mass is 284 g/mol. The summed E-state index contributed by atoms with van der Waals surface area (Å²) < 4.78 is 11.6. The Bertz CT molecular complexity index is 399. The average Bonchev–Trinajstić information content (AvgIpc) is 3.10. The molecule has 16 heavy (non-hydrogen) atoms. The lowest BCUT2D eigenvalue weighted by atomic mass is 10.2. The van der Waals surface area contributed by atoms with Gasteiger partial charge in [-0.15, -0.1) is 0 Å². The molecule has 1 aliphatic rings. The summed E-state index contributed by atoms with van der Waals surface area (Å²) in [5.74, 6) is 1.98. The maximum absolute atomic E-state index is 10.8. The third-order valence-corrected chi connectivity index (χ3v) is 3.27. The fourth-order valence-electron chi connectivity index (χ4n) is 1.41. The Kier molecular flexibility index (Phi) is 3.49. The van der Waals surface area contributed by atoms with Gasteiger partial charge in [0.1, 0.15) is 0 Å². The number of methoxy groups -OCH3 is 1. The Labute approximate surface area is 103 Å². The number of hydrogen-bond donors (Lipinski definition) is 0. The highest BCUT2D eigenvalue weighted by atomic mass is 79.9. The number of benzene rings is 1. The van der Waals surface area contributed by atoms with Crippen molar-refractivity contribution in [1.29, 1.82) is 0 Å². The summed E-state index contributed by atoms with van der Waals surface area (Å²) >= 11 is 3.33. The van der Waals surface area contributed by atoms with Crippen LogP contribution in [0.15, 0.2) is 16.6 Å². The minimum absolute atomic E-state index is 0.565. The van der Waals surface area contributed by atoms with Crippen LogP contribution in [-0.4, -0.2) is 20.0 Å². The SMILES string of the molecule is COc1cc(C=O)c(Br)cc1OCC1CC1. The molecule has 0 spiro atoms. The second kappa shape index (κ2) is 4.87. The molecule has 0 bridgehead atoms. The molecular formula is C12H13BrO3. The van der Waals surface area contributed by atoms with E-state index >= 15 is 0 Å². The molecule has 0 unspecified atom stereocenters. The molecule has 0 radical (unpaired) electrons. The van der Waals surface area contributed by atoms with Gasteiger partial charge in [0.15, 0.2) is 17.8 Å². The molecule has 1 aromatic carbocycles. The molecule has 0 heterocycles. The van der Waals surface area contributed by atoms with Gasteiger partial charge in [-0.05, 0) is 46.8 Å². The van der Waals surface area contributed by atoms with E-state index in [1.54, 1.807) is 19.2 Å². The molecule has 0 amide bonds. The zero-order chi connectivity index (χ0) is 11.5. The number of ether oxygens (including phenoxy) is 2. The number of rotatable bonds is 5. The van der Waals surface area contributed by atoms with Gasteiger partial charge in [-0.2, -0.15) is 0 Å². The van der Waals surface area contributed by atoms with Crippen LogP contribution in [0.3, 0.4) is 0 Å². The molecule has 1 aliphatic carbocycles. The van der Waals surface area contributed by atoms with E-state index in [0.29, 0.717) is 23.0 Å². The lowest BCUT2D eigenvalue weighted by molar-refractivity contribution is 0.112. The Morgan fingerprint density at radius 2 is 2.19 bits per heavy atom. The van der Waals surface area contributed by atoms with Gasteiger partial charge in [-0.3, -0.25) is 4.79 Å². The average molecular weight is 285 g/mol. The van der Waals surface area contributed by atoms with Crippen LogP contribution >= 0.6 is 15.9 Å². The van der Waals surface area contributed by atoms with Crippen LogP contribution in [-0.2, 0) is 0 Å². The first-order valence-corrected chi connectivity index (χ1v) is 5.99. The highest BCUT2D eigenvalue weighted by Gasteiger charge is 2.22. The third kappa shape index (κ3) is 2.55. The van der Waals surface area contributed by atoms with E-state index in [1.807, 2.05) is 0 Å². The normalized spacial score (nSPS) is 14.6. The molecule has 0 atom stereocenters. The Morgan fingerprint density at radius 1 is 1.44 bits per heavy atom. The third-order valence-electron chi connectivity index (χ3n) is 2.58. The minimum atomic E-state index is 0.565. The predicted octanol–water partition coefficient (Wildman–Crippen LogP) is 3.06. The summed E-state index contributed by atoms with van der Waals surface area (Å²) in [6, 6.07) is 3.46. The molecule has 86 valence electrons. The van der Waals surface area contributed by atoms with Crippen LogP contribution in [0.5, 0.6) is 11.5 Å². The van der Waals surface area contributed by atoms with Crippen molar-refractivity contribution in [1.82, 2.24) is 0 Å². The number of aldehydes is 1. The first kappa shape index (κ1) is 11.5. The lowest BCUT2D eigenvalue weighted by Crippen LogP contribution is -2.01. The maximum atomic E-state index is 10.8. The smallest absolute Gasteiger partial charge is 0.162 e. The zero-order valence-corrected chi connectivity index (χ0v) is 10.6. The second-order valence-corrected chi connectivity index (χ2v) is 4.75. The highest BCUT2D eigenvalue weighted by molar-refractivity contribution is 9.10. The van der Waals surface area contributed by atoms with Gasteiger partial charge < -0.3 is 9.47 Å². The summed E-state index contributed by atoms with van der Waals surface area (Å²) in [6.07, 6.45) is 3.28. The maximum Gasteiger partial charge on any atom is 0.162 e. The zero-order valence-electron chi connectivity index (χ0n) is 9.03. The van der Waals surface area contributed by atoms with Crippen LogP contribution in [0.1, 0.15) is 23.2 Å². The van der Waals surface area contributed by atoms with E-state index in [0.717, 1.165) is 17.4 Å². The van der Waals surface area contributed by atoms with E-state index < -0.39 is 0 Å². The summed E-state index contributed by atoms with van der Waals surface area (Å²) in [5.41, 5.74) is 0.565. The van der Waals surface area contributed by atoms with Crippen LogP contribution in [0.4, 0.5) is 0 Å². The number of hydrogen-bond acceptors (Lipinski definition) is 3. The topological polar surface area (TPSA) is 35.5 Å². The van der Waals surface area contributed by atoms with Gasteiger partial charge in [0, 0.05) is 10.0 Å². The fraction of sp³-hybridized carbons (Fsp3) is 0.417. The first-order valence-electron chi connectivity index (χ1n) is 5.20. The summed E-state index contributed by atoms with van der Waals surface area (Å²) in [4.78, 5) is 10.8. The van der Waals surface area contributed by atoms with Crippen LogP contribution in [0, 0.1) is 5.92 Å². The van der Waals surface area contributed by atoms with Crippen molar-refractivity contribution in [3.8, 4) is 11.5 Å². The molecule has 0 aliphatic heterocycles. The Balaban J connectivity index is 2.19. The van der Waals surface area contributed by atoms with Gasteiger partial charge in [0.2, 0.25) is 0 Å². The van der Waals surface area contributed by atoms with Crippen molar-refractivity contribution in [2.75, 3.05) is 13.7 Å². The number of halogens is 1. The van der Waals surface area contributed by atoms with Gasteiger partial charge >= 0.3 is 0 Å². The first-order chi connectivity index (χ1) is 7.74. The van der Waals surface area contributed by atoms with E-state index in [2.05, 4.69) is 15.9 Å². The van der Waals surface area contributed by atoms with Crippen molar-refractivity contribution >= 4 is 22.2 Å². The van der Waals surface area contributed by atoms with Crippen molar-refractivity contribution in [3.63, 3.8) is 0 Å². The van der Waals surface area contributed by atoms with Crippen LogP contribution < -0.4 is 9.47 Å². The molecule has 4 heteroatoms. The van der Waals surface area contributed by atoms with Crippen LogP contribution in [0.2, 0.25) is 0 Å². The number of carbonyl (C=O) groups is 1. The highest BCUT2D eigenvalue weighted by Crippen LogP contribution is 2.35. The minimum Gasteiger partial charge on any atom is -0.493 e. The summed E-state index contributed by atoms with van der Waals surface area (Å²) in [6.45, 7) is 0.725. The van der Waals surface area contributed by atoms with Crippen molar-refractivity contribution in [3.05, 3.63) is 22.2 Å². The van der Waals surface area contributed by atoms with Crippen LogP contribution in [0.25, 0.3) is 0 Å². The fourth-order valence-corrected chi connectivity index (χ4v) is 1.82. The second-order valence-electron chi connectivity index (χ2n) is 3.90. The molecule has 0 aromatic heterocycles. The summed E-state index contributed by atoms with van der Waals surface area (Å²) in [5, 5.41) is 0. The Morgan fingerprint density at radius 3 is 2.75 bits per heavy atom. The quantitative estimate of drug-likeness (QED) is 0.780. The van der Waals surface area contributed by atoms with E-state index in [-0.39, 0.29) is 0 Å². The predicted molar refractivity (Wildman–Crippen MR) is 64.3 cm³/mol. The van der Waals surface area contributed by atoms with E-state index in [9.17, 15) is 4.79 Å². The van der Waals surface area contributed by atoms with Crippen molar-refractivity contribution in [2.45, 2.75) is 12.8 Å². The molecule has 2 rings (SSSR count). The van der Waals surface area contributed by atoms with Gasteiger partial charge in [-0.1, -0.05) is 0 Å². The van der Waals surface area contributed by atoms with Gasteiger partial charge in [0.05, 0.1) is 13.7 Å². The van der Waals surface area contributed by atoms with Crippen molar-refractivity contribution in [2.24, 2.45) is 5.92 Å². The molecule has 1 saturated carbocycles. The van der Waals surface area contributed by atoms with Gasteiger partial charge in [0.25, 0.3) is 0 Å². The Hall–Kier alpha value is -1.03. The molecular weight excluding hydrogens is 272 g/mol. The number of carbonyl (C=O) groups excluding carboxylic acids is 1. The molecule has 3 nitrogen and oxygen atoms in total. The lowest BCUT2D eigenvalue weighted by Gasteiger charge is -2.11. The van der Waals surface area contributed by atoms with Gasteiger partial charge in [-0.25, -0.2) is 0 Å². The van der Waals surface area contributed by atoms with Crippen molar-refractivity contribution < 1.29 is 14.3 Å². The molecule has 0 N–H and O–H groups in total. The standard InChI is InChI=1S/C12H13BrO3/c1-15-11-4-9(6-14)10(13)5-12(11)16-7-8-2-3-8/h4-6,8H,2-3,7H2,1H3. The molecule has 0 saturated heterocycles. The van der Waals surface area contributed by atoms with E-state index in [1.165, 1.54) is 12.8 Å². The molecule has 1 aromatic rings. The summed E-state index contributed by atoms with van der Waals surface area (Å²) in [7, 11) is 1.57. The van der Waals surface area contributed by atoms with E-state index in [4.69, 9.17) is 9.47 Å². The molecule has 1 fully saturated rings.